The van der Waals surface area contributed by atoms with Gasteiger partial charge in [0, 0.05) is 13.1 Å². The molecule has 0 aliphatic heterocycles. The van der Waals surface area contributed by atoms with Crippen LogP contribution >= 0.6 is 0 Å². The van der Waals surface area contributed by atoms with Crippen LogP contribution in [0.2, 0.25) is 0 Å². The number of benzene rings is 1. The van der Waals surface area contributed by atoms with Gasteiger partial charge in [-0.15, -0.1) is 0 Å². The zero-order chi connectivity index (χ0) is 17.1. The summed E-state index contributed by atoms with van der Waals surface area (Å²) in [4.78, 5) is 11.2. The van der Waals surface area contributed by atoms with Crippen molar-refractivity contribution in [3.63, 3.8) is 0 Å². The standard InChI is InChI=1S/C14H20N3O4S/c1-16(10-14(18)21-5)22(19,20)12-6-7-13(17(2,3)4)11(8-12)9-15/h6-8H,10H2,1-5H3/q+1. The van der Waals surface area contributed by atoms with Crippen LogP contribution in [0, 0.1) is 11.3 Å². The lowest BCUT2D eigenvalue weighted by Gasteiger charge is -2.25. The monoisotopic (exact) mass is 326 g/mol. The predicted molar refractivity (Wildman–Crippen MR) is 82.6 cm³/mol. The van der Waals surface area contributed by atoms with Crippen molar-refractivity contribution in [3.8, 4) is 6.07 Å². The molecule has 0 saturated carbocycles. The summed E-state index contributed by atoms with van der Waals surface area (Å²) in [5.74, 6) is -0.658. The number of hydrogen-bond acceptors (Lipinski definition) is 5. The number of sulfonamides is 1. The SMILES string of the molecule is COC(=O)CN(C)S(=O)(=O)c1ccc([N+](C)(C)C)c(C#N)c1. The zero-order valence-electron chi connectivity index (χ0n) is 13.3. The number of likely N-dealkylation sites (N-methyl/N-ethyl adjacent to an activating group) is 1. The molecule has 7 nitrogen and oxygen atoms in total. The van der Waals surface area contributed by atoms with Crippen molar-refractivity contribution in [2.45, 2.75) is 4.90 Å². The number of nitrogens with zero attached hydrogens (tertiary/aromatic N) is 3. The molecule has 0 spiro atoms. The topological polar surface area (TPSA) is 87.5 Å². The minimum absolute atomic E-state index is 0.0346. The van der Waals surface area contributed by atoms with Crippen LogP contribution in [-0.2, 0) is 19.6 Å². The first kappa shape index (κ1) is 18.1. The fourth-order valence-corrected chi connectivity index (χ4v) is 3.00. The number of nitriles is 1. The lowest BCUT2D eigenvalue weighted by molar-refractivity contribution is -0.140. The molecular formula is C14H20N3O4S+. The molecular weight excluding hydrogens is 306 g/mol. The molecule has 0 bridgehead atoms. The van der Waals surface area contributed by atoms with Crippen molar-refractivity contribution in [1.82, 2.24) is 8.79 Å². The fraction of sp³-hybridized carbons (Fsp3) is 0.429. The molecule has 0 heterocycles. The van der Waals surface area contributed by atoms with Crippen molar-refractivity contribution >= 4 is 21.7 Å². The molecule has 0 aromatic heterocycles. The van der Waals surface area contributed by atoms with Gasteiger partial charge in [0.2, 0.25) is 10.0 Å². The second-order valence-corrected chi connectivity index (χ2v) is 7.69. The van der Waals surface area contributed by atoms with Gasteiger partial charge in [-0.3, -0.25) is 9.28 Å². The molecule has 0 aliphatic rings. The van der Waals surface area contributed by atoms with Gasteiger partial charge in [0.05, 0.1) is 33.1 Å². The minimum atomic E-state index is -3.86. The van der Waals surface area contributed by atoms with Crippen LogP contribution in [0.1, 0.15) is 5.56 Å². The van der Waals surface area contributed by atoms with E-state index in [2.05, 4.69) is 4.74 Å². The zero-order valence-corrected chi connectivity index (χ0v) is 14.1. The number of quaternary nitrogens is 1. The third-order valence-electron chi connectivity index (χ3n) is 3.10. The van der Waals surface area contributed by atoms with Crippen molar-refractivity contribution in [1.29, 1.82) is 5.26 Å². The number of carbonyl (C=O) groups is 1. The van der Waals surface area contributed by atoms with Gasteiger partial charge < -0.3 is 4.74 Å². The van der Waals surface area contributed by atoms with Gasteiger partial charge >= 0.3 is 5.97 Å². The van der Waals surface area contributed by atoms with E-state index >= 15 is 0 Å². The van der Waals surface area contributed by atoms with Crippen molar-refractivity contribution in [3.05, 3.63) is 23.8 Å². The van der Waals surface area contributed by atoms with E-state index in [1.54, 1.807) is 6.07 Å². The molecule has 0 unspecified atom stereocenters. The van der Waals surface area contributed by atoms with Gasteiger partial charge in [0.15, 0.2) is 0 Å². The maximum atomic E-state index is 12.4. The van der Waals surface area contributed by atoms with Crippen molar-refractivity contribution in [2.24, 2.45) is 0 Å². The molecule has 1 aromatic carbocycles. The Hall–Kier alpha value is -1.95. The predicted octanol–water partition coefficient (Wildman–Crippen LogP) is 0.548. The molecule has 1 rings (SSSR count). The largest absolute Gasteiger partial charge is 0.468 e. The van der Waals surface area contributed by atoms with Gasteiger partial charge in [0.1, 0.15) is 23.9 Å². The van der Waals surface area contributed by atoms with Crippen LogP contribution in [0.25, 0.3) is 0 Å². The van der Waals surface area contributed by atoms with E-state index in [-0.39, 0.29) is 10.5 Å². The quantitative estimate of drug-likeness (QED) is 0.582. The summed E-state index contributed by atoms with van der Waals surface area (Å²) in [5.41, 5.74) is 0.983. The number of carbonyl (C=O) groups excluding carboxylic acids is 1. The number of ether oxygens (including phenoxy) is 1. The van der Waals surface area contributed by atoms with Crippen molar-refractivity contribution in [2.75, 3.05) is 41.8 Å². The summed E-state index contributed by atoms with van der Waals surface area (Å²) >= 11 is 0. The Bertz CT molecular complexity index is 715. The van der Waals surface area contributed by atoms with E-state index in [9.17, 15) is 18.5 Å². The molecule has 0 amide bonds. The molecule has 1 aromatic rings. The molecule has 120 valence electrons. The highest BCUT2D eigenvalue weighted by atomic mass is 32.2. The van der Waals surface area contributed by atoms with Crippen LogP contribution < -0.4 is 4.48 Å². The first-order valence-corrected chi connectivity index (χ1v) is 7.87. The van der Waals surface area contributed by atoms with E-state index in [0.717, 1.165) is 4.31 Å². The van der Waals surface area contributed by atoms with E-state index in [1.807, 2.05) is 27.2 Å². The highest BCUT2D eigenvalue weighted by Crippen LogP contribution is 2.26. The van der Waals surface area contributed by atoms with Gasteiger partial charge in [-0.1, -0.05) is 0 Å². The Balaban J connectivity index is 3.28. The summed E-state index contributed by atoms with van der Waals surface area (Å²) < 4.78 is 30.6. The summed E-state index contributed by atoms with van der Waals surface area (Å²) in [7, 11) is 4.25. The van der Waals surface area contributed by atoms with Crippen LogP contribution in [0.4, 0.5) is 5.69 Å². The van der Waals surface area contributed by atoms with E-state index < -0.39 is 22.5 Å². The van der Waals surface area contributed by atoms with Gasteiger partial charge in [-0.2, -0.15) is 9.57 Å². The summed E-state index contributed by atoms with van der Waals surface area (Å²) in [6.07, 6.45) is 0. The number of rotatable bonds is 5. The fourth-order valence-electron chi connectivity index (χ4n) is 1.86. The van der Waals surface area contributed by atoms with Gasteiger partial charge in [0.25, 0.3) is 0 Å². The normalized spacial score (nSPS) is 12.0. The second kappa shape index (κ2) is 6.44. The lowest BCUT2D eigenvalue weighted by atomic mass is 10.1. The Morgan fingerprint density at radius 3 is 2.41 bits per heavy atom. The number of esters is 1. The Morgan fingerprint density at radius 1 is 1.36 bits per heavy atom. The maximum absolute atomic E-state index is 12.4. The molecule has 0 saturated heterocycles. The van der Waals surface area contributed by atoms with E-state index in [4.69, 9.17) is 0 Å². The lowest BCUT2D eigenvalue weighted by Crippen LogP contribution is -2.36. The highest BCUT2D eigenvalue weighted by Gasteiger charge is 2.26. The third-order valence-corrected chi connectivity index (χ3v) is 4.90. The molecule has 0 atom stereocenters. The number of methoxy groups -OCH3 is 1. The first-order chi connectivity index (χ1) is 10.0. The second-order valence-electron chi connectivity index (χ2n) is 5.64. The van der Waals surface area contributed by atoms with Crippen molar-refractivity contribution < 1.29 is 17.9 Å². The summed E-state index contributed by atoms with van der Waals surface area (Å²) in [6, 6.07) is 6.38. The van der Waals surface area contributed by atoms with E-state index in [1.165, 1.54) is 26.3 Å². The first-order valence-electron chi connectivity index (χ1n) is 6.43. The van der Waals surface area contributed by atoms with Gasteiger partial charge in [-0.05, 0) is 12.1 Å². The molecule has 8 heteroatoms. The smallest absolute Gasteiger partial charge is 0.321 e. The molecule has 22 heavy (non-hydrogen) atoms. The third kappa shape index (κ3) is 3.82. The molecule has 0 aliphatic carbocycles. The summed E-state index contributed by atoms with van der Waals surface area (Å²) in [5, 5.41) is 9.25. The van der Waals surface area contributed by atoms with Crippen LogP contribution in [0.3, 0.4) is 0 Å². The minimum Gasteiger partial charge on any atom is -0.468 e. The average molecular weight is 326 g/mol. The average Bonchev–Trinajstić information content (AvgIpc) is 2.45. The molecule has 0 N–H and O–H groups in total. The summed E-state index contributed by atoms with van der Waals surface area (Å²) in [6.45, 7) is -0.391. The molecule has 0 fully saturated rings. The number of hydrogen-bond donors (Lipinski definition) is 0. The van der Waals surface area contributed by atoms with Crippen LogP contribution in [0.15, 0.2) is 23.1 Å². The Morgan fingerprint density at radius 2 is 1.95 bits per heavy atom. The maximum Gasteiger partial charge on any atom is 0.321 e. The highest BCUT2D eigenvalue weighted by molar-refractivity contribution is 7.89. The van der Waals surface area contributed by atoms with Crippen LogP contribution in [0.5, 0.6) is 0 Å². The van der Waals surface area contributed by atoms with Crippen LogP contribution in [-0.4, -0.2) is 60.5 Å². The van der Waals surface area contributed by atoms with Gasteiger partial charge in [-0.25, -0.2) is 8.42 Å². The van der Waals surface area contributed by atoms with E-state index in [0.29, 0.717) is 10.2 Å². The Labute approximate surface area is 131 Å². The Kier molecular flexibility index (Phi) is 5.30. The molecule has 0 radical (unpaired) electrons.